The van der Waals surface area contributed by atoms with Crippen LogP contribution in [-0.4, -0.2) is 148 Å². The van der Waals surface area contributed by atoms with E-state index in [4.69, 9.17) is 47.4 Å². The smallest absolute Gasteiger partial charge is 0.299 e. The van der Waals surface area contributed by atoms with Gasteiger partial charge in [-0.1, -0.05) is 0 Å². The number of non-ortho nitro benzene ring substituents is 1. The van der Waals surface area contributed by atoms with Crippen molar-refractivity contribution in [3.05, 3.63) is 68.3 Å². The number of nitrogens with zero attached hydrogens (tertiary/aromatic N) is 2. The summed E-state index contributed by atoms with van der Waals surface area (Å²) in [6.07, 6.45) is 0.788. The average molecular weight is 728 g/mol. The van der Waals surface area contributed by atoms with E-state index < -0.39 is 9.85 Å². The Balaban J connectivity index is 1.21. The molecule has 0 amide bonds. The Morgan fingerprint density at radius 1 is 0.510 bits per heavy atom. The van der Waals surface area contributed by atoms with Crippen LogP contribution >= 0.6 is 0 Å². The highest BCUT2D eigenvalue weighted by atomic mass is 16.6. The summed E-state index contributed by atoms with van der Waals surface area (Å²) in [6.45, 7) is 8.40. The molecule has 286 valence electrons. The second-order valence-electron chi connectivity index (χ2n) is 10.2. The van der Waals surface area contributed by atoms with Crippen LogP contribution in [0.25, 0.3) is 0 Å². The predicted octanol–water partition coefficient (Wildman–Crippen LogP) is 2.96. The molecule has 0 aliphatic heterocycles. The van der Waals surface area contributed by atoms with E-state index in [1.165, 1.54) is 12.1 Å². The molecule has 0 aliphatic rings. The van der Waals surface area contributed by atoms with Crippen molar-refractivity contribution in [1.29, 1.82) is 0 Å². The molecule has 0 radical (unpaired) electrons. The van der Waals surface area contributed by atoms with Gasteiger partial charge in [0.1, 0.15) is 24.3 Å². The fourth-order valence-corrected chi connectivity index (χ4v) is 3.91. The third kappa shape index (κ3) is 22.6. The van der Waals surface area contributed by atoms with Gasteiger partial charge in [0.25, 0.3) is 11.4 Å². The van der Waals surface area contributed by atoms with E-state index in [1.54, 1.807) is 24.3 Å². The van der Waals surface area contributed by atoms with Crippen LogP contribution in [0.3, 0.4) is 0 Å². The fraction of sp³-hybridized carbons (Fsp3) is 0.606. The molecule has 0 fully saturated rings. The molecule has 0 saturated heterocycles. The van der Waals surface area contributed by atoms with Crippen LogP contribution in [-0.2, 0) is 42.6 Å². The first-order valence-electron chi connectivity index (χ1n) is 16.6. The monoisotopic (exact) mass is 727 g/mol. The summed E-state index contributed by atoms with van der Waals surface area (Å²) < 4.78 is 54.6. The van der Waals surface area contributed by atoms with Crippen molar-refractivity contribution in [3.8, 4) is 5.75 Å². The molecule has 2 rings (SSSR count). The number of rotatable bonds is 35. The molecular weight excluding hydrogens is 678 g/mol. The lowest BCUT2D eigenvalue weighted by molar-refractivity contribution is -0.393. The molecule has 18 nitrogen and oxygen atoms in total. The van der Waals surface area contributed by atoms with Gasteiger partial charge in [-0.3, -0.25) is 25.0 Å². The van der Waals surface area contributed by atoms with Crippen molar-refractivity contribution < 1.29 is 62.0 Å². The van der Waals surface area contributed by atoms with Crippen LogP contribution in [0.5, 0.6) is 5.75 Å². The van der Waals surface area contributed by atoms with E-state index in [0.717, 1.165) is 12.4 Å². The normalized spacial score (nSPS) is 11.1. The standard InChI is InChI=1S/C33H49N3O15/c37-28-29-1-4-31(5-2-29)51-26-25-50-24-23-49-22-21-48-20-19-47-18-17-46-16-15-45-14-13-44-12-11-43-10-9-42-8-7-34-32-6-3-30(35(38)39)27-33(32)36(40)41/h1-6,27-28,34H,7-26H2. The number of carbonyl (C=O) groups excluding carboxylic acids is 1. The first-order valence-corrected chi connectivity index (χ1v) is 16.6. The Bertz CT molecular complexity index is 1210. The summed E-state index contributed by atoms with van der Waals surface area (Å²) in [5.41, 5.74) is 0.0707. The molecule has 51 heavy (non-hydrogen) atoms. The lowest BCUT2D eigenvalue weighted by Gasteiger charge is -2.09. The van der Waals surface area contributed by atoms with E-state index in [-0.39, 0.29) is 30.2 Å². The molecular formula is C33H49N3O15. The zero-order valence-electron chi connectivity index (χ0n) is 28.8. The predicted molar refractivity (Wildman–Crippen MR) is 183 cm³/mol. The summed E-state index contributed by atoms with van der Waals surface area (Å²) >= 11 is 0. The number of ether oxygens (including phenoxy) is 10. The molecule has 0 bridgehead atoms. The lowest BCUT2D eigenvalue weighted by atomic mass is 10.2. The SMILES string of the molecule is O=Cc1ccc(OCCOCCOCCOCCOCCOCCOCCOCCOCCOCCNc2ccc([N+](=O)[O-])cc2[N+](=O)[O-])cc1. The van der Waals surface area contributed by atoms with E-state index in [1.807, 2.05) is 0 Å². The van der Waals surface area contributed by atoms with Gasteiger partial charge in [0.05, 0.1) is 135 Å². The summed E-state index contributed by atoms with van der Waals surface area (Å²) in [7, 11) is 0. The molecule has 0 saturated carbocycles. The summed E-state index contributed by atoms with van der Waals surface area (Å²) in [6, 6.07) is 10.3. The number of nitro benzene ring substituents is 2. The van der Waals surface area contributed by atoms with Crippen LogP contribution in [0.1, 0.15) is 10.4 Å². The minimum Gasteiger partial charge on any atom is -0.491 e. The Labute approximate surface area is 296 Å². The van der Waals surface area contributed by atoms with Crippen molar-refractivity contribution >= 4 is 23.3 Å². The molecule has 0 unspecified atom stereocenters. The number of nitro groups is 2. The van der Waals surface area contributed by atoms with Gasteiger partial charge in [-0.25, -0.2) is 0 Å². The first kappa shape index (κ1) is 43.3. The van der Waals surface area contributed by atoms with E-state index in [0.29, 0.717) is 130 Å². The van der Waals surface area contributed by atoms with E-state index in [9.17, 15) is 25.0 Å². The number of nitrogens with one attached hydrogen (secondary N) is 1. The topological polar surface area (TPSA) is 208 Å². The summed E-state index contributed by atoms with van der Waals surface area (Å²) in [4.78, 5) is 31.2. The first-order chi connectivity index (χ1) is 25.0. The Kier molecular flexibility index (Phi) is 25.3. The van der Waals surface area contributed by atoms with E-state index in [2.05, 4.69) is 5.32 Å². The highest BCUT2D eigenvalue weighted by molar-refractivity contribution is 5.74. The van der Waals surface area contributed by atoms with Crippen LogP contribution in [0.2, 0.25) is 0 Å². The highest BCUT2D eigenvalue weighted by Gasteiger charge is 2.19. The molecule has 0 aromatic heterocycles. The Morgan fingerprint density at radius 2 is 0.902 bits per heavy atom. The molecule has 0 heterocycles. The van der Waals surface area contributed by atoms with Crippen molar-refractivity contribution in [3.63, 3.8) is 0 Å². The van der Waals surface area contributed by atoms with Crippen LogP contribution in [0.15, 0.2) is 42.5 Å². The molecule has 2 aromatic rings. The quantitative estimate of drug-likeness (QED) is 0.0469. The zero-order valence-corrected chi connectivity index (χ0v) is 28.8. The maximum atomic E-state index is 11.1. The minimum absolute atomic E-state index is 0.182. The van der Waals surface area contributed by atoms with Gasteiger partial charge < -0.3 is 52.7 Å². The third-order valence-corrected chi connectivity index (χ3v) is 6.44. The zero-order chi connectivity index (χ0) is 36.6. The summed E-state index contributed by atoms with van der Waals surface area (Å²) in [5.74, 6) is 0.690. The third-order valence-electron chi connectivity index (χ3n) is 6.44. The number of carbonyl (C=O) groups is 1. The Morgan fingerprint density at radius 3 is 1.27 bits per heavy atom. The number of benzene rings is 2. The molecule has 0 spiro atoms. The highest BCUT2D eigenvalue weighted by Crippen LogP contribution is 2.28. The van der Waals surface area contributed by atoms with Gasteiger partial charge in [-0.15, -0.1) is 0 Å². The van der Waals surface area contributed by atoms with Crippen molar-refractivity contribution in [2.75, 3.05) is 137 Å². The maximum Gasteiger partial charge on any atom is 0.299 e. The van der Waals surface area contributed by atoms with Gasteiger partial charge in [-0.05, 0) is 30.3 Å². The fourth-order valence-electron chi connectivity index (χ4n) is 3.91. The maximum absolute atomic E-state index is 11.1. The molecule has 1 N–H and O–H groups in total. The largest absolute Gasteiger partial charge is 0.491 e. The summed E-state index contributed by atoms with van der Waals surface area (Å²) in [5, 5.41) is 24.8. The number of aldehydes is 1. The van der Waals surface area contributed by atoms with Crippen LogP contribution < -0.4 is 10.1 Å². The molecule has 18 heteroatoms. The van der Waals surface area contributed by atoms with Gasteiger partial charge in [0.15, 0.2) is 0 Å². The lowest BCUT2D eigenvalue weighted by Crippen LogP contribution is -2.16. The van der Waals surface area contributed by atoms with Crippen molar-refractivity contribution in [1.82, 2.24) is 0 Å². The molecule has 0 atom stereocenters. The molecule has 2 aromatic carbocycles. The van der Waals surface area contributed by atoms with Crippen molar-refractivity contribution in [2.45, 2.75) is 0 Å². The number of hydrogen-bond acceptors (Lipinski definition) is 16. The van der Waals surface area contributed by atoms with Crippen LogP contribution in [0.4, 0.5) is 17.1 Å². The average Bonchev–Trinajstić information content (AvgIpc) is 3.14. The Hall–Kier alpha value is -3.85. The van der Waals surface area contributed by atoms with Gasteiger partial charge in [-0.2, -0.15) is 0 Å². The second kappa shape index (κ2) is 29.8. The van der Waals surface area contributed by atoms with Gasteiger partial charge >= 0.3 is 0 Å². The second-order valence-corrected chi connectivity index (χ2v) is 10.2. The number of anilines is 1. The number of hydrogen-bond donors (Lipinski definition) is 1. The molecule has 0 aliphatic carbocycles. The van der Waals surface area contributed by atoms with Gasteiger partial charge in [0, 0.05) is 18.2 Å². The minimum atomic E-state index is -0.683. The van der Waals surface area contributed by atoms with Crippen molar-refractivity contribution in [2.24, 2.45) is 0 Å². The van der Waals surface area contributed by atoms with E-state index >= 15 is 0 Å². The van der Waals surface area contributed by atoms with Gasteiger partial charge in [0.2, 0.25) is 0 Å². The van der Waals surface area contributed by atoms with Crippen LogP contribution in [0, 0.1) is 20.2 Å².